The molecule has 0 amide bonds. The van der Waals surface area contributed by atoms with Crippen LogP contribution in [0, 0.1) is 40.1 Å². The van der Waals surface area contributed by atoms with Crippen molar-refractivity contribution in [3.05, 3.63) is 40.9 Å². The molecule has 0 radical (unpaired) electrons. The van der Waals surface area contributed by atoms with E-state index in [1.807, 2.05) is 0 Å². The summed E-state index contributed by atoms with van der Waals surface area (Å²) in [5, 5.41) is 18.5. The van der Waals surface area contributed by atoms with Gasteiger partial charge in [0.25, 0.3) is 0 Å². The zero-order chi connectivity index (χ0) is 15.5. The van der Waals surface area contributed by atoms with Crippen molar-refractivity contribution in [1.29, 1.82) is 10.5 Å². The number of nitrogens with one attached hydrogen (secondary N) is 1. The lowest BCUT2D eigenvalue weighted by atomic mass is 10.1. The highest BCUT2D eigenvalue weighted by Gasteiger charge is 2.37. The highest BCUT2D eigenvalue weighted by molar-refractivity contribution is 5.53. The van der Waals surface area contributed by atoms with E-state index in [0.717, 1.165) is 0 Å². The summed E-state index contributed by atoms with van der Waals surface area (Å²) in [4.78, 5) is 0. The number of allylic oxidation sites excluding steroid dienone is 1. The lowest BCUT2D eigenvalue weighted by Gasteiger charge is -2.12. The summed E-state index contributed by atoms with van der Waals surface area (Å²) in [5.74, 6) is -6.58. The standard InChI is InChI=1S/C11H3F6N3/c12-8-6(11(15,16)17)1-7(9(13)10(8)14)20-4-5(2-18)3-19/h1,4,20H. The molecule has 1 aromatic rings. The van der Waals surface area contributed by atoms with Crippen LogP contribution in [0.3, 0.4) is 0 Å². The fourth-order valence-corrected chi connectivity index (χ4v) is 1.15. The highest BCUT2D eigenvalue weighted by atomic mass is 19.4. The molecule has 0 aliphatic heterocycles. The molecule has 1 aromatic carbocycles. The summed E-state index contributed by atoms with van der Waals surface area (Å²) in [5.41, 5.74) is -3.66. The largest absolute Gasteiger partial charge is 0.419 e. The molecule has 0 unspecified atom stereocenters. The van der Waals surface area contributed by atoms with Gasteiger partial charge in [-0.1, -0.05) is 0 Å². The monoisotopic (exact) mass is 291 g/mol. The average molecular weight is 291 g/mol. The second-order valence-corrected chi connectivity index (χ2v) is 3.34. The molecule has 0 saturated heterocycles. The Bertz CT molecular complexity index is 632. The molecule has 1 N–H and O–H groups in total. The van der Waals surface area contributed by atoms with E-state index in [1.54, 1.807) is 5.32 Å². The number of nitriles is 2. The molecule has 0 atom stereocenters. The van der Waals surface area contributed by atoms with Crippen molar-refractivity contribution in [3.8, 4) is 12.1 Å². The Balaban J connectivity index is 3.37. The van der Waals surface area contributed by atoms with E-state index in [2.05, 4.69) is 0 Å². The van der Waals surface area contributed by atoms with Gasteiger partial charge in [-0.25, -0.2) is 13.2 Å². The van der Waals surface area contributed by atoms with E-state index in [1.165, 1.54) is 12.1 Å². The van der Waals surface area contributed by atoms with Crippen molar-refractivity contribution < 1.29 is 26.3 Å². The fraction of sp³-hybridized carbons (Fsp3) is 0.0909. The third kappa shape index (κ3) is 3.01. The van der Waals surface area contributed by atoms with Crippen LogP contribution < -0.4 is 5.32 Å². The van der Waals surface area contributed by atoms with Gasteiger partial charge in [0.2, 0.25) is 0 Å². The first-order valence-corrected chi connectivity index (χ1v) is 4.74. The minimum Gasteiger partial charge on any atom is -0.357 e. The number of alkyl halides is 3. The second kappa shape index (κ2) is 5.53. The van der Waals surface area contributed by atoms with Gasteiger partial charge in [0.05, 0.1) is 11.3 Å². The molecule has 104 valence electrons. The van der Waals surface area contributed by atoms with Gasteiger partial charge in [-0.3, -0.25) is 0 Å². The zero-order valence-electron chi connectivity index (χ0n) is 9.32. The first-order chi connectivity index (χ1) is 9.22. The Morgan fingerprint density at radius 3 is 2.05 bits per heavy atom. The van der Waals surface area contributed by atoms with Crippen molar-refractivity contribution in [3.63, 3.8) is 0 Å². The Morgan fingerprint density at radius 1 is 1.05 bits per heavy atom. The average Bonchev–Trinajstić information content (AvgIpc) is 2.38. The molecule has 3 nitrogen and oxygen atoms in total. The Hall–Kier alpha value is -2.68. The quantitative estimate of drug-likeness (QED) is 0.515. The Morgan fingerprint density at radius 2 is 1.60 bits per heavy atom. The summed E-state index contributed by atoms with van der Waals surface area (Å²) in [7, 11) is 0. The van der Waals surface area contributed by atoms with Crippen LogP contribution in [0.5, 0.6) is 0 Å². The van der Waals surface area contributed by atoms with E-state index in [4.69, 9.17) is 10.5 Å². The predicted molar refractivity (Wildman–Crippen MR) is 54.2 cm³/mol. The van der Waals surface area contributed by atoms with Crippen LogP contribution in [0.15, 0.2) is 17.8 Å². The molecule has 0 aliphatic rings. The molecule has 0 heterocycles. The van der Waals surface area contributed by atoms with E-state index in [9.17, 15) is 26.3 Å². The summed E-state index contributed by atoms with van der Waals surface area (Å²) in [6.07, 6.45) is -4.66. The maximum absolute atomic E-state index is 13.2. The number of hydrogen-bond donors (Lipinski definition) is 1. The van der Waals surface area contributed by atoms with Crippen LogP contribution in [0.4, 0.5) is 32.0 Å². The van der Waals surface area contributed by atoms with Gasteiger partial charge >= 0.3 is 6.18 Å². The third-order valence-corrected chi connectivity index (χ3v) is 2.07. The summed E-state index contributed by atoms with van der Waals surface area (Å²) < 4.78 is 76.4. The number of hydrogen-bond acceptors (Lipinski definition) is 3. The lowest BCUT2D eigenvalue weighted by Crippen LogP contribution is -2.12. The molecule has 0 aromatic heterocycles. The van der Waals surface area contributed by atoms with Crippen LogP contribution in [-0.2, 0) is 6.18 Å². The first-order valence-electron chi connectivity index (χ1n) is 4.74. The van der Waals surface area contributed by atoms with Crippen LogP contribution in [0.25, 0.3) is 0 Å². The molecule has 20 heavy (non-hydrogen) atoms. The molecule has 0 saturated carbocycles. The molecule has 9 heteroatoms. The smallest absolute Gasteiger partial charge is 0.357 e. The van der Waals surface area contributed by atoms with Crippen LogP contribution in [0.2, 0.25) is 0 Å². The van der Waals surface area contributed by atoms with Gasteiger partial charge in [0.1, 0.15) is 17.7 Å². The minimum absolute atomic E-state index is 0.00336. The predicted octanol–water partition coefficient (Wildman–Crippen LogP) is 3.47. The Labute approximate surface area is 108 Å². The summed E-state index contributed by atoms with van der Waals surface area (Å²) in [6, 6.07) is 2.67. The van der Waals surface area contributed by atoms with Crippen LogP contribution >= 0.6 is 0 Å². The molecular formula is C11H3F6N3. The van der Waals surface area contributed by atoms with E-state index < -0.39 is 40.5 Å². The Kier molecular flexibility index (Phi) is 4.25. The van der Waals surface area contributed by atoms with E-state index >= 15 is 0 Å². The van der Waals surface area contributed by atoms with E-state index in [0.29, 0.717) is 6.20 Å². The fourth-order valence-electron chi connectivity index (χ4n) is 1.15. The topological polar surface area (TPSA) is 59.6 Å². The van der Waals surface area contributed by atoms with Crippen molar-refractivity contribution in [1.82, 2.24) is 0 Å². The maximum atomic E-state index is 13.2. The van der Waals surface area contributed by atoms with Gasteiger partial charge in [-0.15, -0.1) is 0 Å². The molecular weight excluding hydrogens is 288 g/mol. The third-order valence-electron chi connectivity index (χ3n) is 2.07. The molecule has 1 rings (SSSR count). The van der Waals surface area contributed by atoms with Crippen molar-refractivity contribution in [2.24, 2.45) is 0 Å². The maximum Gasteiger partial charge on any atom is 0.419 e. The number of rotatable bonds is 2. The van der Waals surface area contributed by atoms with Crippen molar-refractivity contribution in [2.45, 2.75) is 6.18 Å². The minimum atomic E-state index is -5.23. The number of nitrogens with zero attached hydrogens (tertiary/aromatic N) is 2. The normalized spacial score (nSPS) is 10.4. The number of halogens is 6. The first kappa shape index (κ1) is 15.4. The lowest BCUT2D eigenvalue weighted by molar-refractivity contribution is -0.140. The SMILES string of the molecule is N#CC(C#N)=CNc1cc(C(F)(F)F)c(F)c(F)c1F. The summed E-state index contributed by atoms with van der Waals surface area (Å²) >= 11 is 0. The number of benzene rings is 1. The van der Waals surface area contributed by atoms with Crippen LogP contribution in [-0.4, -0.2) is 0 Å². The van der Waals surface area contributed by atoms with Crippen LogP contribution in [0.1, 0.15) is 5.56 Å². The molecule has 0 fully saturated rings. The zero-order valence-corrected chi connectivity index (χ0v) is 9.32. The molecule has 0 spiro atoms. The summed E-state index contributed by atoms with van der Waals surface area (Å²) in [6.45, 7) is 0. The second-order valence-electron chi connectivity index (χ2n) is 3.34. The van der Waals surface area contributed by atoms with Gasteiger partial charge < -0.3 is 5.32 Å². The molecule has 0 aliphatic carbocycles. The van der Waals surface area contributed by atoms with Gasteiger partial charge in [-0.05, 0) is 6.07 Å². The van der Waals surface area contributed by atoms with Gasteiger partial charge in [-0.2, -0.15) is 23.7 Å². The number of anilines is 1. The van der Waals surface area contributed by atoms with Gasteiger partial charge in [0.15, 0.2) is 17.5 Å². The van der Waals surface area contributed by atoms with E-state index in [-0.39, 0.29) is 6.07 Å². The van der Waals surface area contributed by atoms with Crippen molar-refractivity contribution in [2.75, 3.05) is 5.32 Å². The van der Waals surface area contributed by atoms with Gasteiger partial charge in [0, 0.05) is 6.20 Å². The van der Waals surface area contributed by atoms with Crippen molar-refractivity contribution >= 4 is 5.69 Å². The highest BCUT2D eigenvalue weighted by Crippen LogP contribution is 2.35. The molecule has 0 bridgehead atoms.